The number of nitrogens with zero attached hydrogens (tertiary/aromatic N) is 3. The van der Waals surface area contributed by atoms with Gasteiger partial charge in [0, 0.05) is 11.3 Å². The third-order valence-corrected chi connectivity index (χ3v) is 5.91. The Morgan fingerprint density at radius 2 is 2.03 bits per heavy atom. The highest BCUT2D eigenvalue weighted by Gasteiger charge is 2.54. The molecule has 0 aliphatic carbocycles. The fourth-order valence-corrected chi connectivity index (χ4v) is 4.42. The minimum Gasteiger partial charge on any atom is -0.479 e. The molecule has 0 saturated carbocycles. The number of hydrogen-bond acceptors (Lipinski definition) is 8. The second-order valence-corrected chi connectivity index (χ2v) is 7.93. The lowest BCUT2D eigenvalue weighted by atomic mass is 9.84. The standard InChI is InChI=1S/C22H23N5O4/c1-22(20-29-9-4-10-30-20)19(28)18(14-11-13(24)7-8-17(14)31-22)27-16-6-3-2-5-15(16)26-21(27)25-12-23/h2-3,5-8,11,18-20,28H,4,9-10,24H2,1H3,(H,25,26)/t18-,19+,22-/m0/s1. The molecule has 0 spiro atoms. The van der Waals surface area contributed by atoms with E-state index in [0.29, 0.717) is 41.7 Å². The van der Waals surface area contributed by atoms with Crippen molar-refractivity contribution >= 4 is 22.7 Å². The van der Waals surface area contributed by atoms with Crippen LogP contribution in [0.1, 0.15) is 24.9 Å². The number of nitrogen functional groups attached to an aromatic ring is 1. The van der Waals surface area contributed by atoms with Gasteiger partial charge in [-0.15, -0.1) is 0 Å². The first-order valence-corrected chi connectivity index (χ1v) is 10.1. The summed E-state index contributed by atoms with van der Waals surface area (Å²) in [4.78, 5) is 4.55. The fourth-order valence-electron chi connectivity index (χ4n) is 4.42. The molecule has 160 valence electrons. The highest BCUT2D eigenvalue weighted by molar-refractivity contribution is 5.79. The Hall–Kier alpha value is -3.32. The van der Waals surface area contributed by atoms with Crippen molar-refractivity contribution in [3.05, 3.63) is 48.0 Å². The number of ether oxygens (including phenoxy) is 3. The topological polar surface area (TPSA) is 128 Å². The van der Waals surface area contributed by atoms with Crippen LogP contribution in [0.4, 0.5) is 11.6 Å². The van der Waals surface area contributed by atoms with Gasteiger partial charge < -0.3 is 25.1 Å². The number of fused-ring (bicyclic) bond motifs is 2. The van der Waals surface area contributed by atoms with Crippen LogP contribution in [-0.2, 0) is 9.47 Å². The van der Waals surface area contributed by atoms with Crippen molar-refractivity contribution in [2.24, 2.45) is 0 Å². The molecule has 4 N–H and O–H groups in total. The van der Waals surface area contributed by atoms with Crippen LogP contribution in [0.2, 0.25) is 0 Å². The zero-order valence-corrected chi connectivity index (χ0v) is 17.0. The number of rotatable bonds is 3. The van der Waals surface area contributed by atoms with Crippen LogP contribution in [0.3, 0.4) is 0 Å². The van der Waals surface area contributed by atoms with Crippen molar-refractivity contribution < 1.29 is 19.3 Å². The van der Waals surface area contributed by atoms with Crippen molar-refractivity contribution in [1.82, 2.24) is 9.55 Å². The molecule has 2 aliphatic rings. The number of hydrogen-bond donors (Lipinski definition) is 3. The van der Waals surface area contributed by atoms with E-state index in [4.69, 9.17) is 19.9 Å². The molecule has 3 heterocycles. The average molecular weight is 421 g/mol. The third-order valence-electron chi connectivity index (χ3n) is 5.91. The normalized spacial score (nSPS) is 26.1. The van der Waals surface area contributed by atoms with Gasteiger partial charge in [-0.1, -0.05) is 12.1 Å². The van der Waals surface area contributed by atoms with Crippen LogP contribution in [0.25, 0.3) is 11.0 Å². The minimum absolute atomic E-state index is 0.316. The van der Waals surface area contributed by atoms with Crippen LogP contribution in [0.15, 0.2) is 42.5 Å². The van der Waals surface area contributed by atoms with Crippen molar-refractivity contribution in [1.29, 1.82) is 5.26 Å². The molecule has 31 heavy (non-hydrogen) atoms. The molecule has 3 aromatic rings. The van der Waals surface area contributed by atoms with Crippen LogP contribution in [0.5, 0.6) is 5.75 Å². The average Bonchev–Trinajstić information content (AvgIpc) is 3.14. The van der Waals surface area contributed by atoms with E-state index in [1.165, 1.54) is 0 Å². The first-order valence-electron chi connectivity index (χ1n) is 10.1. The quantitative estimate of drug-likeness (QED) is 0.334. The number of nitrogens with one attached hydrogen (secondary N) is 1. The Bertz CT molecular complexity index is 1170. The Morgan fingerprint density at radius 1 is 1.26 bits per heavy atom. The molecule has 9 nitrogen and oxygen atoms in total. The van der Waals surface area contributed by atoms with E-state index in [0.717, 1.165) is 11.9 Å². The van der Waals surface area contributed by atoms with E-state index in [-0.39, 0.29) is 0 Å². The number of imidazole rings is 1. The van der Waals surface area contributed by atoms with Gasteiger partial charge in [0.05, 0.1) is 30.3 Å². The van der Waals surface area contributed by atoms with Gasteiger partial charge >= 0.3 is 0 Å². The lowest BCUT2D eigenvalue weighted by Gasteiger charge is -2.48. The maximum Gasteiger partial charge on any atom is 0.217 e. The van der Waals surface area contributed by atoms with Crippen molar-refractivity contribution in [3.63, 3.8) is 0 Å². The molecule has 2 aromatic carbocycles. The Morgan fingerprint density at radius 3 is 2.81 bits per heavy atom. The third kappa shape index (κ3) is 3.08. The number of aliphatic hydroxyl groups excluding tert-OH is 1. The molecule has 1 saturated heterocycles. The molecule has 2 aliphatic heterocycles. The number of aliphatic hydroxyl groups is 1. The first-order chi connectivity index (χ1) is 15.0. The van der Waals surface area contributed by atoms with Gasteiger partial charge in [-0.2, -0.15) is 5.26 Å². The number of benzene rings is 2. The monoisotopic (exact) mass is 421 g/mol. The SMILES string of the molecule is C[C@]1(C2OCCCO2)Oc2ccc(N)cc2[C@H](n2c(NC#N)nc3ccccc32)[C@H]1O. The number of nitriles is 1. The smallest absolute Gasteiger partial charge is 0.217 e. The summed E-state index contributed by atoms with van der Waals surface area (Å²) in [5, 5.41) is 23.7. The molecule has 0 amide bonds. The van der Waals surface area contributed by atoms with Crippen molar-refractivity contribution in [3.8, 4) is 11.9 Å². The second-order valence-electron chi connectivity index (χ2n) is 7.93. The summed E-state index contributed by atoms with van der Waals surface area (Å²) < 4.78 is 19.8. The van der Waals surface area contributed by atoms with Crippen LogP contribution < -0.4 is 15.8 Å². The summed E-state index contributed by atoms with van der Waals surface area (Å²) in [7, 11) is 0. The van der Waals surface area contributed by atoms with E-state index in [1.54, 1.807) is 25.1 Å². The summed E-state index contributed by atoms with van der Waals surface area (Å²) in [5.74, 6) is 0.876. The van der Waals surface area contributed by atoms with Crippen LogP contribution in [-0.4, -0.2) is 45.9 Å². The molecule has 0 unspecified atom stereocenters. The van der Waals surface area contributed by atoms with E-state index in [1.807, 2.05) is 35.0 Å². The molecular formula is C22H23N5O4. The maximum absolute atomic E-state index is 11.7. The molecule has 3 atom stereocenters. The summed E-state index contributed by atoms with van der Waals surface area (Å²) in [6.07, 6.45) is 0.864. The van der Waals surface area contributed by atoms with Gasteiger partial charge in [-0.25, -0.2) is 4.98 Å². The van der Waals surface area contributed by atoms with Gasteiger partial charge in [0.1, 0.15) is 11.9 Å². The Balaban J connectivity index is 1.74. The lowest BCUT2D eigenvalue weighted by Crippen LogP contribution is -2.62. The zero-order valence-electron chi connectivity index (χ0n) is 17.0. The number of aromatic nitrogens is 2. The first kappa shape index (κ1) is 19.6. The van der Waals surface area contributed by atoms with Crippen molar-refractivity contribution in [2.75, 3.05) is 24.3 Å². The molecule has 1 aromatic heterocycles. The minimum atomic E-state index is -1.20. The van der Waals surface area contributed by atoms with Gasteiger partial charge in [-0.05, 0) is 43.7 Å². The van der Waals surface area contributed by atoms with Gasteiger partial charge in [0.15, 0.2) is 18.1 Å². The number of nitrogens with two attached hydrogens (primary N) is 1. The summed E-state index contributed by atoms with van der Waals surface area (Å²) >= 11 is 0. The van der Waals surface area contributed by atoms with E-state index >= 15 is 0 Å². The van der Waals surface area contributed by atoms with Gasteiger partial charge in [0.25, 0.3) is 0 Å². The summed E-state index contributed by atoms with van der Waals surface area (Å²) in [6, 6.07) is 12.1. The predicted octanol–water partition coefficient (Wildman–Crippen LogP) is 2.38. The highest BCUT2D eigenvalue weighted by atomic mass is 16.7. The zero-order chi connectivity index (χ0) is 21.6. The summed E-state index contributed by atoms with van der Waals surface area (Å²) in [6.45, 7) is 2.81. The van der Waals surface area contributed by atoms with E-state index in [9.17, 15) is 10.4 Å². The highest BCUT2D eigenvalue weighted by Crippen LogP contribution is 2.47. The molecular weight excluding hydrogens is 398 g/mol. The van der Waals surface area contributed by atoms with Crippen LogP contribution >= 0.6 is 0 Å². The lowest BCUT2D eigenvalue weighted by molar-refractivity contribution is -0.277. The molecule has 5 rings (SSSR count). The van der Waals surface area contributed by atoms with Crippen LogP contribution in [0, 0.1) is 11.5 Å². The van der Waals surface area contributed by atoms with E-state index in [2.05, 4.69) is 10.3 Å². The molecule has 0 radical (unpaired) electrons. The molecule has 0 bridgehead atoms. The van der Waals surface area contributed by atoms with E-state index < -0.39 is 24.0 Å². The van der Waals surface area contributed by atoms with Crippen molar-refractivity contribution in [2.45, 2.75) is 37.4 Å². The number of anilines is 2. The second kappa shape index (κ2) is 7.42. The van der Waals surface area contributed by atoms with Gasteiger partial charge in [0.2, 0.25) is 5.95 Å². The maximum atomic E-state index is 11.7. The molecule has 1 fully saturated rings. The van der Waals surface area contributed by atoms with Gasteiger partial charge in [-0.3, -0.25) is 9.88 Å². The predicted molar refractivity (Wildman–Crippen MR) is 113 cm³/mol. The number of para-hydroxylation sites is 2. The Kier molecular flexibility index (Phi) is 4.70. The largest absolute Gasteiger partial charge is 0.479 e. The fraction of sp³-hybridized carbons (Fsp3) is 0.364. The molecule has 9 heteroatoms. The summed E-state index contributed by atoms with van der Waals surface area (Å²) in [5.41, 5.74) is 7.55. The Labute approximate surface area is 178 Å².